The van der Waals surface area contributed by atoms with E-state index in [0.29, 0.717) is 17.8 Å². The Bertz CT molecular complexity index is 1020. The standard InChI is InChI=1S/C21H19N7S/c1-15(18-13-8-14-29-18)27-28-21-25-19(22-16-9-4-2-5-10-16)24-20(26-21)23-17-11-6-3-7-12-17/h2-14H,1H3,(H3,22,23,24,25,26,28)/b27-15-. The van der Waals surface area contributed by atoms with Gasteiger partial charge in [-0.2, -0.15) is 20.1 Å². The Hall–Kier alpha value is -3.78. The highest BCUT2D eigenvalue weighted by Crippen LogP contribution is 2.18. The van der Waals surface area contributed by atoms with Gasteiger partial charge in [-0.1, -0.05) is 42.5 Å². The Labute approximate surface area is 172 Å². The first-order valence-electron chi connectivity index (χ1n) is 9.01. The molecule has 0 atom stereocenters. The molecule has 0 unspecified atom stereocenters. The predicted molar refractivity (Wildman–Crippen MR) is 119 cm³/mol. The highest BCUT2D eigenvalue weighted by molar-refractivity contribution is 7.12. The van der Waals surface area contributed by atoms with Crippen LogP contribution in [0.2, 0.25) is 0 Å². The molecule has 4 rings (SSSR count). The quantitative estimate of drug-likeness (QED) is 0.289. The molecule has 29 heavy (non-hydrogen) atoms. The highest BCUT2D eigenvalue weighted by Gasteiger charge is 2.08. The number of rotatable bonds is 7. The minimum absolute atomic E-state index is 0.341. The second kappa shape index (κ2) is 8.94. The average molecular weight is 401 g/mol. The lowest BCUT2D eigenvalue weighted by Gasteiger charge is -2.10. The van der Waals surface area contributed by atoms with Gasteiger partial charge in [0.15, 0.2) is 0 Å². The summed E-state index contributed by atoms with van der Waals surface area (Å²) >= 11 is 1.63. The number of hydrazone groups is 1. The number of aromatic nitrogens is 3. The molecular formula is C21H19N7S. The summed E-state index contributed by atoms with van der Waals surface area (Å²) in [5, 5.41) is 12.8. The minimum atomic E-state index is 0.341. The lowest BCUT2D eigenvalue weighted by atomic mass is 10.3. The maximum absolute atomic E-state index is 4.47. The van der Waals surface area contributed by atoms with Crippen LogP contribution in [-0.4, -0.2) is 20.7 Å². The highest BCUT2D eigenvalue weighted by atomic mass is 32.1. The van der Waals surface area contributed by atoms with Crippen LogP contribution in [0.3, 0.4) is 0 Å². The van der Waals surface area contributed by atoms with Crippen LogP contribution < -0.4 is 16.1 Å². The number of benzene rings is 2. The third kappa shape index (κ3) is 5.14. The number of nitrogens with one attached hydrogen (secondary N) is 3. The Kier molecular flexibility index (Phi) is 5.73. The molecule has 0 spiro atoms. The number of anilines is 5. The monoisotopic (exact) mass is 401 g/mol. The van der Waals surface area contributed by atoms with Gasteiger partial charge in [0.05, 0.1) is 5.71 Å². The summed E-state index contributed by atoms with van der Waals surface area (Å²) < 4.78 is 0. The molecule has 0 radical (unpaired) electrons. The molecule has 0 amide bonds. The lowest BCUT2D eigenvalue weighted by molar-refractivity contribution is 1.04. The SMILES string of the molecule is C/C(=N/Nc1nc(Nc2ccccc2)nc(Nc2ccccc2)n1)c1cccs1. The first kappa shape index (κ1) is 18.6. The second-order valence-electron chi connectivity index (χ2n) is 6.07. The summed E-state index contributed by atoms with van der Waals surface area (Å²) in [5.74, 6) is 1.17. The van der Waals surface area contributed by atoms with Gasteiger partial charge in [0.25, 0.3) is 0 Å². The summed E-state index contributed by atoms with van der Waals surface area (Å²) in [7, 11) is 0. The van der Waals surface area contributed by atoms with Gasteiger partial charge in [-0.3, -0.25) is 0 Å². The fourth-order valence-electron chi connectivity index (χ4n) is 2.51. The van der Waals surface area contributed by atoms with Gasteiger partial charge in [0, 0.05) is 16.3 Å². The van der Waals surface area contributed by atoms with E-state index in [-0.39, 0.29) is 0 Å². The van der Waals surface area contributed by atoms with Crippen LogP contribution in [-0.2, 0) is 0 Å². The van der Waals surface area contributed by atoms with Crippen molar-refractivity contribution in [2.24, 2.45) is 5.10 Å². The zero-order valence-electron chi connectivity index (χ0n) is 15.7. The summed E-state index contributed by atoms with van der Waals surface area (Å²) in [6, 6.07) is 23.5. The Balaban J connectivity index is 1.61. The van der Waals surface area contributed by atoms with E-state index in [9.17, 15) is 0 Å². The average Bonchev–Trinajstić information content (AvgIpc) is 3.28. The van der Waals surface area contributed by atoms with E-state index < -0.39 is 0 Å². The minimum Gasteiger partial charge on any atom is -0.324 e. The molecule has 144 valence electrons. The molecule has 3 N–H and O–H groups in total. The molecule has 0 aliphatic carbocycles. The molecule has 0 bridgehead atoms. The number of hydrogen-bond donors (Lipinski definition) is 3. The summed E-state index contributed by atoms with van der Waals surface area (Å²) in [6.07, 6.45) is 0. The number of para-hydroxylation sites is 2. The van der Waals surface area contributed by atoms with Crippen LogP contribution in [0.1, 0.15) is 11.8 Å². The van der Waals surface area contributed by atoms with Crippen molar-refractivity contribution in [2.45, 2.75) is 6.92 Å². The van der Waals surface area contributed by atoms with Gasteiger partial charge in [0.1, 0.15) is 0 Å². The fraction of sp³-hybridized carbons (Fsp3) is 0.0476. The van der Waals surface area contributed by atoms with Crippen molar-refractivity contribution in [3.63, 3.8) is 0 Å². The maximum Gasteiger partial charge on any atom is 0.250 e. The fourth-order valence-corrected chi connectivity index (χ4v) is 3.19. The number of nitrogens with zero attached hydrogens (tertiary/aromatic N) is 4. The molecule has 2 aromatic heterocycles. The van der Waals surface area contributed by atoms with Gasteiger partial charge in [-0.05, 0) is 42.6 Å². The molecule has 0 aliphatic rings. The van der Waals surface area contributed by atoms with Crippen molar-refractivity contribution in [1.29, 1.82) is 0 Å². The van der Waals surface area contributed by atoms with Crippen LogP contribution in [0.25, 0.3) is 0 Å². The van der Waals surface area contributed by atoms with Crippen molar-refractivity contribution in [3.8, 4) is 0 Å². The molecule has 0 saturated heterocycles. The summed E-state index contributed by atoms with van der Waals surface area (Å²) in [5.41, 5.74) is 5.56. The van der Waals surface area contributed by atoms with Gasteiger partial charge in [-0.25, -0.2) is 5.43 Å². The second-order valence-corrected chi connectivity index (χ2v) is 7.02. The topological polar surface area (TPSA) is 87.1 Å². The molecule has 7 nitrogen and oxygen atoms in total. The van der Waals surface area contributed by atoms with Gasteiger partial charge in [0.2, 0.25) is 17.8 Å². The zero-order chi connectivity index (χ0) is 19.9. The van der Waals surface area contributed by atoms with Crippen LogP contribution in [0.15, 0.2) is 83.3 Å². The Morgan fingerprint density at radius 1 is 0.724 bits per heavy atom. The first-order chi connectivity index (χ1) is 14.3. The number of thiophene rings is 1. The largest absolute Gasteiger partial charge is 0.324 e. The first-order valence-corrected chi connectivity index (χ1v) is 9.89. The molecule has 0 saturated carbocycles. The summed E-state index contributed by atoms with van der Waals surface area (Å²) in [6.45, 7) is 1.94. The zero-order valence-corrected chi connectivity index (χ0v) is 16.5. The number of hydrogen-bond acceptors (Lipinski definition) is 8. The van der Waals surface area contributed by atoms with Crippen LogP contribution in [0.4, 0.5) is 29.2 Å². The van der Waals surface area contributed by atoms with Gasteiger partial charge < -0.3 is 10.6 Å². The van der Waals surface area contributed by atoms with Crippen molar-refractivity contribution < 1.29 is 0 Å². The smallest absolute Gasteiger partial charge is 0.250 e. The Morgan fingerprint density at radius 2 is 1.28 bits per heavy atom. The van der Waals surface area contributed by atoms with E-state index >= 15 is 0 Å². The molecule has 2 aromatic carbocycles. The normalized spacial score (nSPS) is 11.1. The maximum atomic E-state index is 4.47. The molecule has 0 aliphatic heterocycles. The Morgan fingerprint density at radius 3 is 1.79 bits per heavy atom. The van der Waals surface area contributed by atoms with E-state index in [1.807, 2.05) is 85.1 Å². The van der Waals surface area contributed by atoms with Crippen molar-refractivity contribution in [3.05, 3.63) is 83.1 Å². The molecular weight excluding hydrogens is 382 g/mol. The van der Waals surface area contributed by atoms with Crippen LogP contribution in [0, 0.1) is 0 Å². The van der Waals surface area contributed by atoms with Crippen LogP contribution in [0.5, 0.6) is 0 Å². The van der Waals surface area contributed by atoms with Crippen LogP contribution >= 0.6 is 11.3 Å². The van der Waals surface area contributed by atoms with Gasteiger partial charge in [-0.15, -0.1) is 11.3 Å². The summed E-state index contributed by atoms with van der Waals surface area (Å²) in [4.78, 5) is 14.4. The van der Waals surface area contributed by atoms with E-state index in [4.69, 9.17) is 0 Å². The predicted octanol–water partition coefficient (Wildman–Crippen LogP) is 5.26. The third-order valence-electron chi connectivity index (χ3n) is 3.90. The molecule has 2 heterocycles. The molecule has 4 aromatic rings. The van der Waals surface area contributed by atoms with E-state index in [2.05, 4.69) is 36.1 Å². The third-order valence-corrected chi connectivity index (χ3v) is 4.88. The van der Waals surface area contributed by atoms with E-state index in [1.54, 1.807) is 11.3 Å². The molecule has 0 fully saturated rings. The molecule has 8 heteroatoms. The van der Waals surface area contributed by atoms with Crippen molar-refractivity contribution in [2.75, 3.05) is 16.1 Å². The lowest BCUT2D eigenvalue weighted by Crippen LogP contribution is -2.08. The van der Waals surface area contributed by atoms with Gasteiger partial charge >= 0.3 is 0 Å². The van der Waals surface area contributed by atoms with Crippen molar-refractivity contribution >= 4 is 46.3 Å². The van der Waals surface area contributed by atoms with E-state index in [1.165, 1.54) is 0 Å². The van der Waals surface area contributed by atoms with E-state index in [0.717, 1.165) is 22.0 Å². The van der Waals surface area contributed by atoms with Crippen molar-refractivity contribution in [1.82, 2.24) is 15.0 Å².